The molecule has 21 heavy (non-hydrogen) atoms. The second-order valence-corrected chi connectivity index (χ2v) is 6.23. The number of fused-ring (bicyclic) bond motifs is 1. The highest BCUT2D eigenvalue weighted by Crippen LogP contribution is 2.26. The fraction of sp³-hybridized carbons (Fsp3) is 0.312. The van der Waals surface area contributed by atoms with Gasteiger partial charge in [-0.25, -0.2) is 4.79 Å². The van der Waals surface area contributed by atoms with Gasteiger partial charge in [-0.3, -0.25) is 0 Å². The first-order chi connectivity index (χ1) is 10.2. The molecule has 0 saturated carbocycles. The Morgan fingerprint density at radius 2 is 2.05 bits per heavy atom. The molecule has 2 atom stereocenters. The molecule has 2 heterocycles. The molecule has 0 saturated heterocycles. The molecule has 2 aromatic heterocycles. The van der Waals surface area contributed by atoms with Crippen LogP contribution in [0.4, 0.5) is 0 Å². The first-order valence-corrected chi connectivity index (χ1v) is 8.06. The molecule has 4 nitrogen and oxygen atoms in total. The van der Waals surface area contributed by atoms with Gasteiger partial charge in [0.2, 0.25) is 0 Å². The highest BCUT2D eigenvalue weighted by Gasteiger charge is 2.15. The van der Waals surface area contributed by atoms with Gasteiger partial charge in [-0.15, -0.1) is 11.3 Å². The molecule has 5 heteroatoms. The van der Waals surface area contributed by atoms with E-state index in [4.69, 9.17) is 0 Å². The van der Waals surface area contributed by atoms with Crippen LogP contribution in [0.2, 0.25) is 0 Å². The minimum atomic E-state index is -0.159. The van der Waals surface area contributed by atoms with Gasteiger partial charge >= 0.3 is 5.69 Å². The summed E-state index contributed by atoms with van der Waals surface area (Å²) in [6.07, 6.45) is 1.05. The van der Waals surface area contributed by atoms with Crippen molar-refractivity contribution in [1.82, 2.24) is 15.3 Å². The van der Waals surface area contributed by atoms with E-state index in [1.807, 2.05) is 12.1 Å². The van der Waals surface area contributed by atoms with Gasteiger partial charge in [-0.1, -0.05) is 19.1 Å². The van der Waals surface area contributed by atoms with Crippen LogP contribution >= 0.6 is 11.3 Å². The SMILES string of the molecule is CCC(NC(C)c1ccc2[nH]c(=O)[nH]c2c1)c1cccs1. The van der Waals surface area contributed by atoms with E-state index in [1.54, 1.807) is 11.3 Å². The maximum Gasteiger partial charge on any atom is 0.323 e. The summed E-state index contributed by atoms with van der Waals surface area (Å²) in [5.74, 6) is 0. The molecule has 0 aliphatic carbocycles. The van der Waals surface area contributed by atoms with E-state index in [2.05, 4.69) is 52.7 Å². The molecule has 110 valence electrons. The molecule has 1 aromatic carbocycles. The summed E-state index contributed by atoms with van der Waals surface area (Å²) in [6, 6.07) is 10.9. The second kappa shape index (κ2) is 5.87. The van der Waals surface area contributed by atoms with Gasteiger partial charge in [0.15, 0.2) is 0 Å². The molecule has 0 fully saturated rings. The van der Waals surface area contributed by atoms with Gasteiger partial charge in [-0.2, -0.15) is 0 Å². The van der Waals surface area contributed by atoms with Gasteiger partial charge in [0.25, 0.3) is 0 Å². The first-order valence-electron chi connectivity index (χ1n) is 7.18. The number of H-pyrrole nitrogens is 2. The van der Waals surface area contributed by atoms with Crippen LogP contribution in [0.3, 0.4) is 0 Å². The van der Waals surface area contributed by atoms with Crippen molar-refractivity contribution in [2.75, 3.05) is 0 Å². The first kappa shape index (κ1) is 14.1. The van der Waals surface area contributed by atoms with Crippen molar-refractivity contribution in [2.24, 2.45) is 0 Å². The summed E-state index contributed by atoms with van der Waals surface area (Å²) in [6.45, 7) is 4.35. The minimum absolute atomic E-state index is 0.159. The molecule has 0 spiro atoms. The molecule has 0 radical (unpaired) electrons. The second-order valence-electron chi connectivity index (χ2n) is 5.25. The van der Waals surface area contributed by atoms with Crippen molar-refractivity contribution < 1.29 is 0 Å². The number of hydrogen-bond acceptors (Lipinski definition) is 3. The van der Waals surface area contributed by atoms with Crippen LogP contribution in [0.5, 0.6) is 0 Å². The smallest absolute Gasteiger partial charge is 0.306 e. The molecule has 0 aliphatic rings. The van der Waals surface area contributed by atoms with E-state index < -0.39 is 0 Å². The van der Waals surface area contributed by atoms with E-state index in [0.29, 0.717) is 6.04 Å². The summed E-state index contributed by atoms with van der Waals surface area (Å²) in [5.41, 5.74) is 2.72. The Morgan fingerprint density at radius 1 is 1.24 bits per heavy atom. The number of aromatic amines is 2. The van der Waals surface area contributed by atoms with Crippen LogP contribution in [0.25, 0.3) is 11.0 Å². The Hall–Kier alpha value is -1.85. The van der Waals surface area contributed by atoms with Gasteiger partial charge in [0, 0.05) is 17.0 Å². The van der Waals surface area contributed by atoms with Crippen molar-refractivity contribution in [3.8, 4) is 0 Å². The number of nitrogens with one attached hydrogen (secondary N) is 3. The highest BCUT2D eigenvalue weighted by molar-refractivity contribution is 7.10. The summed E-state index contributed by atoms with van der Waals surface area (Å²) in [4.78, 5) is 18.3. The van der Waals surface area contributed by atoms with Crippen LogP contribution in [-0.4, -0.2) is 9.97 Å². The van der Waals surface area contributed by atoms with Gasteiger partial charge in [-0.05, 0) is 42.5 Å². The topological polar surface area (TPSA) is 60.7 Å². The number of aromatic nitrogens is 2. The summed E-state index contributed by atoms with van der Waals surface area (Å²) < 4.78 is 0. The van der Waals surface area contributed by atoms with Crippen LogP contribution in [0.15, 0.2) is 40.5 Å². The molecule has 3 aromatic rings. The van der Waals surface area contributed by atoms with Crippen LogP contribution in [0, 0.1) is 0 Å². The normalized spacial score (nSPS) is 14.4. The zero-order valence-corrected chi connectivity index (χ0v) is 13.0. The Labute approximate surface area is 127 Å². The van der Waals surface area contributed by atoms with E-state index in [-0.39, 0.29) is 11.7 Å². The third-order valence-electron chi connectivity index (χ3n) is 3.79. The third kappa shape index (κ3) is 2.94. The molecular weight excluding hydrogens is 282 g/mol. The average molecular weight is 301 g/mol. The molecular formula is C16H19N3OS. The van der Waals surface area contributed by atoms with Gasteiger partial charge < -0.3 is 15.3 Å². The predicted molar refractivity (Wildman–Crippen MR) is 87.8 cm³/mol. The van der Waals surface area contributed by atoms with Crippen LogP contribution in [-0.2, 0) is 0 Å². The quantitative estimate of drug-likeness (QED) is 0.672. The molecule has 2 unspecified atom stereocenters. The van der Waals surface area contributed by atoms with Crippen molar-refractivity contribution in [2.45, 2.75) is 32.4 Å². The highest BCUT2D eigenvalue weighted by atomic mass is 32.1. The summed E-state index contributed by atoms with van der Waals surface area (Å²) >= 11 is 1.78. The maximum absolute atomic E-state index is 11.3. The number of thiophene rings is 1. The third-order valence-corrected chi connectivity index (χ3v) is 4.77. The maximum atomic E-state index is 11.3. The Balaban J connectivity index is 1.82. The molecule has 0 bridgehead atoms. The Morgan fingerprint density at radius 3 is 2.76 bits per heavy atom. The lowest BCUT2D eigenvalue weighted by Gasteiger charge is -2.21. The monoisotopic (exact) mass is 301 g/mol. The predicted octanol–water partition coefficient (Wildman–Crippen LogP) is 3.72. The van der Waals surface area contributed by atoms with E-state index in [1.165, 1.54) is 10.4 Å². The average Bonchev–Trinajstić information content (AvgIpc) is 3.11. The Kier molecular flexibility index (Phi) is 3.94. The molecule has 3 N–H and O–H groups in total. The van der Waals surface area contributed by atoms with Gasteiger partial charge in [0.05, 0.1) is 11.0 Å². The van der Waals surface area contributed by atoms with Crippen molar-refractivity contribution in [3.05, 3.63) is 56.6 Å². The van der Waals surface area contributed by atoms with Crippen molar-refractivity contribution in [3.63, 3.8) is 0 Å². The lowest BCUT2D eigenvalue weighted by atomic mass is 10.1. The largest absolute Gasteiger partial charge is 0.323 e. The van der Waals surface area contributed by atoms with Crippen molar-refractivity contribution >= 4 is 22.4 Å². The number of rotatable bonds is 5. The minimum Gasteiger partial charge on any atom is -0.306 e. The fourth-order valence-electron chi connectivity index (χ4n) is 2.61. The van der Waals surface area contributed by atoms with Crippen molar-refractivity contribution in [1.29, 1.82) is 0 Å². The van der Waals surface area contributed by atoms with Crippen LogP contribution in [0.1, 0.15) is 42.8 Å². The molecule has 3 rings (SSSR count). The van der Waals surface area contributed by atoms with E-state index >= 15 is 0 Å². The fourth-order valence-corrected chi connectivity index (χ4v) is 3.48. The van der Waals surface area contributed by atoms with Gasteiger partial charge in [0.1, 0.15) is 0 Å². The number of hydrogen-bond donors (Lipinski definition) is 3. The zero-order valence-electron chi connectivity index (χ0n) is 12.1. The molecule has 0 aliphatic heterocycles. The van der Waals surface area contributed by atoms with E-state index in [0.717, 1.165) is 17.5 Å². The summed E-state index contributed by atoms with van der Waals surface area (Å²) in [5, 5.41) is 5.78. The zero-order chi connectivity index (χ0) is 14.8. The number of benzene rings is 1. The van der Waals surface area contributed by atoms with Crippen LogP contribution < -0.4 is 11.0 Å². The standard InChI is InChI=1S/C16H19N3OS/c1-3-12(15-5-4-8-21-15)17-10(2)11-6-7-13-14(9-11)19-16(20)18-13/h4-10,12,17H,3H2,1-2H3,(H2,18,19,20). The molecule has 0 amide bonds. The lowest BCUT2D eigenvalue weighted by Crippen LogP contribution is -2.23. The Bertz CT molecular complexity index is 772. The number of imidazole rings is 1. The summed E-state index contributed by atoms with van der Waals surface area (Å²) in [7, 11) is 0. The van der Waals surface area contributed by atoms with E-state index in [9.17, 15) is 4.79 Å². The lowest BCUT2D eigenvalue weighted by molar-refractivity contribution is 0.462.